The monoisotopic (exact) mass is 504 g/mol. The molecule has 0 saturated carbocycles. The normalized spacial score (nSPS) is 14.0. The Kier molecular flexibility index (Phi) is 6.33. The van der Waals surface area contributed by atoms with Gasteiger partial charge >= 0.3 is 0 Å². The summed E-state index contributed by atoms with van der Waals surface area (Å²) in [7, 11) is -1.75. The number of sulfone groups is 1. The molecule has 0 spiro atoms. The molecule has 0 atom stereocenters. The van der Waals surface area contributed by atoms with Gasteiger partial charge < -0.3 is 15.0 Å². The maximum atomic E-state index is 12.5. The van der Waals surface area contributed by atoms with E-state index in [0.29, 0.717) is 5.69 Å². The molecule has 1 aliphatic rings. The summed E-state index contributed by atoms with van der Waals surface area (Å²) in [6, 6.07) is 12.8. The first-order valence-corrected chi connectivity index (χ1v) is 13.1. The molecule has 1 amide bonds. The standard InChI is InChI=1S/C25H24N6O4S/c1-35-19-14-31(15-19)24-5-3-4-21(30-24)22-7-6-16-11-27-18(9-23(16)29-22)12-28-25(32)17-8-20(13-26-10-17)36(2,33)34/h3-11,13,19H,12,14-15H2,1-2H3,(H,28,32). The van der Waals surface area contributed by atoms with Gasteiger partial charge in [-0.15, -0.1) is 0 Å². The molecule has 1 saturated heterocycles. The first kappa shape index (κ1) is 23.8. The first-order chi connectivity index (χ1) is 17.3. The minimum absolute atomic E-state index is 0.0130. The number of carbonyl (C=O) groups excluding carboxylic acids is 1. The van der Waals surface area contributed by atoms with Crippen molar-refractivity contribution in [1.29, 1.82) is 0 Å². The van der Waals surface area contributed by atoms with Crippen LogP contribution >= 0.6 is 0 Å². The van der Waals surface area contributed by atoms with Gasteiger partial charge in [-0.05, 0) is 36.4 Å². The number of nitrogens with zero attached hydrogens (tertiary/aromatic N) is 5. The van der Waals surface area contributed by atoms with Crippen LogP contribution in [0.25, 0.3) is 22.3 Å². The number of aromatic nitrogens is 4. The van der Waals surface area contributed by atoms with Gasteiger partial charge in [0.05, 0.1) is 45.7 Å². The van der Waals surface area contributed by atoms with Gasteiger partial charge in [0.15, 0.2) is 9.84 Å². The highest BCUT2D eigenvalue weighted by atomic mass is 32.2. The van der Waals surface area contributed by atoms with Gasteiger partial charge in [0.25, 0.3) is 5.91 Å². The molecule has 0 radical (unpaired) electrons. The highest BCUT2D eigenvalue weighted by Gasteiger charge is 2.27. The molecule has 10 nitrogen and oxygen atoms in total. The Morgan fingerprint density at radius 2 is 1.89 bits per heavy atom. The Labute approximate surface area is 208 Å². The Morgan fingerprint density at radius 1 is 1.08 bits per heavy atom. The van der Waals surface area contributed by atoms with Crippen LogP contribution in [0.1, 0.15) is 16.1 Å². The van der Waals surface area contributed by atoms with Crippen LogP contribution in [-0.4, -0.2) is 66.8 Å². The van der Waals surface area contributed by atoms with Crippen molar-refractivity contribution in [2.24, 2.45) is 0 Å². The van der Waals surface area contributed by atoms with Crippen LogP contribution in [-0.2, 0) is 21.1 Å². The van der Waals surface area contributed by atoms with Gasteiger partial charge in [0.2, 0.25) is 0 Å². The van der Waals surface area contributed by atoms with E-state index in [4.69, 9.17) is 14.7 Å². The number of hydrogen-bond donors (Lipinski definition) is 1. The van der Waals surface area contributed by atoms with E-state index in [1.807, 2.05) is 36.4 Å². The molecule has 0 aromatic carbocycles. The fourth-order valence-corrected chi connectivity index (χ4v) is 4.43. The summed E-state index contributed by atoms with van der Waals surface area (Å²) in [5.74, 6) is 0.439. The number of fused-ring (bicyclic) bond motifs is 1. The maximum absolute atomic E-state index is 12.5. The largest absolute Gasteiger partial charge is 0.378 e. The Bertz CT molecular complexity index is 1550. The highest BCUT2D eigenvalue weighted by Crippen LogP contribution is 2.25. The molecule has 0 aliphatic carbocycles. The van der Waals surface area contributed by atoms with Gasteiger partial charge in [0.1, 0.15) is 5.82 Å². The molecule has 0 bridgehead atoms. The number of carbonyl (C=O) groups is 1. The lowest BCUT2D eigenvalue weighted by Crippen LogP contribution is -2.52. The number of amides is 1. The van der Waals surface area contributed by atoms with E-state index in [2.05, 4.69) is 20.2 Å². The van der Waals surface area contributed by atoms with Crippen molar-refractivity contribution in [3.63, 3.8) is 0 Å². The Balaban J connectivity index is 1.32. The Morgan fingerprint density at radius 3 is 2.67 bits per heavy atom. The smallest absolute Gasteiger partial charge is 0.253 e. The number of anilines is 1. The molecule has 11 heteroatoms. The fraction of sp³-hybridized carbons (Fsp3) is 0.240. The summed E-state index contributed by atoms with van der Waals surface area (Å²) in [6.07, 6.45) is 5.54. The minimum atomic E-state index is -3.46. The quantitative estimate of drug-likeness (QED) is 0.403. The first-order valence-electron chi connectivity index (χ1n) is 11.2. The van der Waals surface area contributed by atoms with Gasteiger partial charge in [-0.2, -0.15) is 0 Å². The van der Waals surface area contributed by atoms with E-state index in [0.717, 1.165) is 47.5 Å². The zero-order valence-electron chi connectivity index (χ0n) is 19.7. The highest BCUT2D eigenvalue weighted by molar-refractivity contribution is 7.90. The van der Waals surface area contributed by atoms with E-state index in [9.17, 15) is 13.2 Å². The second kappa shape index (κ2) is 9.59. The van der Waals surface area contributed by atoms with Crippen molar-refractivity contribution in [3.05, 3.63) is 72.3 Å². The average molecular weight is 505 g/mol. The van der Waals surface area contributed by atoms with Crippen molar-refractivity contribution in [1.82, 2.24) is 25.3 Å². The maximum Gasteiger partial charge on any atom is 0.253 e. The van der Waals surface area contributed by atoms with E-state index in [1.165, 1.54) is 18.5 Å². The van der Waals surface area contributed by atoms with Gasteiger partial charge in [-0.3, -0.25) is 14.8 Å². The molecule has 5 heterocycles. The van der Waals surface area contributed by atoms with Gasteiger partial charge in [0, 0.05) is 50.4 Å². The third kappa shape index (κ3) is 5.02. The number of rotatable bonds is 7. The second-order valence-electron chi connectivity index (χ2n) is 8.57. The molecule has 184 valence electrons. The third-order valence-electron chi connectivity index (χ3n) is 5.97. The fourth-order valence-electron chi connectivity index (χ4n) is 3.83. The summed E-state index contributed by atoms with van der Waals surface area (Å²) < 4.78 is 28.8. The lowest BCUT2D eigenvalue weighted by Gasteiger charge is -2.39. The topological polar surface area (TPSA) is 127 Å². The average Bonchev–Trinajstić information content (AvgIpc) is 2.86. The number of ether oxygens (including phenoxy) is 1. The van der Waals surface area contributed by atoms with Crippen molar-refractivity contribution in [2.45, 2.75) is 17.5 Å². The van der Waals surface area contributed by atoms with Crippen molar-refractivity contribution < 1.29 is 17.9 Å². The molecule has 5 rings (SSSR count). The Hall–Kier alpha value is -3.96. The molecule has 1 fully saturated rings. The summed E-state index contributed by atoms with van der Waals surface area (Å²) in [5, 5.41) is 3.62. The molecule has 0 unspecified atom stereocenters. The van der Waals surface area contributed by atoms with E-state index >= 15 is 0 Å². The van der Waals surface area contributed by atoms with Gasteiger partial charge in [-0.25, -0.2) is 18.4 Å². The zero-order chi connectivity index (χ0) is 25.3. The molecule has 4 aromatic heterocycles. The third-order valence-corrected chi connectivity index (χ3v) is 7.05. The number of nitrogens with one attached hydrogen (secondary N) is 1. The van der Waals surface area contributed by atoms with Crippen molar-refractivity contribution >= 4 is 32.5 Å². The van der Waals surface area contributed by atoms with Crippen LogP contribution in [0.15, 0.2) is 66.0 Å². The second-order valence-corrected chi connectivity index (χ2v) is 10.6. The van der Waals surface area contributed by atoms with E-state index < -0.39 is 15.7 Å². The molecule has 36 heavy (non-hydrogen) atoms. The van der Waals surface area contributed by atoms with Crippen LogP contribution in [0.4, 0.5) is 5.82 Å². The summed E-state index contributed by atoms with van der Waals surface area (Å²) in [4.78, 5) is 32.5. The van der Waals surface area contributed by atoms with Gasteiger partial charge in [-0.1, -0.05) is 6.07 Å². The predicted octanol–water partition coefficient (Wildman–Crippen LogP) is 2.26. The molecule has 4 aromatic rings. The summed E-state index contributed by atoms with van der Waals surface area (Å²) >= 11 is 0. The van der Waals surface area contributed by atoms with E-state index in [1.54, 1.807) is 13.3 Å². The lowest BCUT2D eigenvalue weighted by atomic mass is 10.1. The number of methoxy groups -OCH3 is 1. The summed E-state index contributed by atoms with van der Waals surface area (Å²) in [6.45, 7) is 1.77. The van der Waals surface area contributed by atoms with Crippen LogP contribution in [0.5, 0.6) is 0 Å². The molecular weight excluding hydrogens is 480 g/mol. The number of hydrogen-bond acceptors (Lipinski definition) is 9. The van der Waals surface area contributed by atoms with E-state index in [-0.39, 0.29) is 23.1 Å². The minimum Gasteiger partial charge on any atom is -0.378 e. The zero-order valence-corrected chi connectivity index (χ0v) is 20.6. The molecule has 1 N–H and O–H groups in total. The predicted molar refractivity (Wildman–Crippen MR) is 134 cm³/mol. The molecular formula is C25H24N6O4S. The SMILES string of the molecule is COC1CN(c2cccc(-c3ccc4cnc(CNC(=O)c5cncc(S(C)(=O)=O)c5)cc4n3)n2)C1. The summed E-state index contributed by atoms with van der Waals surface area (Å²) in [5.41, 5.74) is 2.99. The van der Waals surface area contributed by atoms with Crippen LogP contribution < -0.4 is 10.2 Å². The number of pyridine rings is 4. The van der Waals surface area contributed by atoms with Crippen molar-refractivity contribution in [3.8, 4) is 11.4 Å². The lowest BCUT2D eigenvalue weighted by molar-refractivity contribution is 0.0783. The molecule has 1 aliphatic heterocycles. The van der Waals surface area contributed by atoms with Crippen LogP contribution in [0, 0.1) is 0 Å². The van der Waals surface area contributed by atoms with Crippen molar-refractivity contribution in [2.75, 3.05) is 31.4 Å². The van der Waals surface area contributed by atoms with Crippen LogP contribution in [0.3, 0.4) is 0 Å². The van der Waals surface area contributed by atoms with Crippen LogP contribution in [0.2, 0.25) is 0 Å².